The normalized spacial score (nSPS) is 14.3. The molecule has 3 unspecified atom stereocenters. The van der Waals surface area contributed by atoms with Gasteiger partial charge in [0.2, 0.25) is 0 Å². The van der Waals surface area contributed by atoms with Gasteiger partial charge in [-0.15, -0.1) is 0 Å². The summed E-state index contributed by atoms with van der Waals surface area (Å²) in [5.74, 6) is -0.560. The molecule has 0 bridgehead atoms. The third-order valence-electron chi connectivity index (χ3n) is 18.3. The Morgan fingerprint density at radius 3 is 0.792 bits per heavy atom. The molecule has 0 heterocycles. The lowest BCUT2D eigenvalue weighted by atomic mass is 9.99. The summed E-state index contributed by atoms with van der Waals surface area (Å²) in [6.45, 7) is 9.52. The van der Waals surface area contributed by atoms with Gasteiger partial charge in [0.05, 0.1) is 26.4 Å². The van der Waals surface area contributed by atoms with Gasteiger partial charge in [-0.05, 0) is 37.5 Å². The molecule has 0 spiro atoms. The molecule has 0 rings (SSSR count). The molecule has 0 radical (unpaired) electrons. The van der Waals surface area contributed by atoms with Crippen LogP contribution in [0.5, 0.6) is 0 Å². The van der Waals surface area contributed by atoms with Crippen LogP contribution in [0.4, 0.5) is 0 Å². The molecule has 0 fully saturated rings. The first-order chi connectivity index (χ1) is 46.4. The summed E-state index contributed by atoms with van der Waals surface area (Å²) in [7, 11) is -9.90. The molecule has 570 valence electrons. The summed E-state index contributed by atoms with van der Waals surface area (Å²) in [5.41, 5.74) is 0. The molecule has 0 saturated carbocycles. The molecule has 0 aromatic rings. The summed E-state index contributed by atoms with van der Waals surface area (Å²) in [6, 6.07) is 0. The first-order valence-corrected chi connectivity index (χ1v) is 43.0. The van der Waals surface area contributed by atoms with Crippen molar-refractivity contribution in [1.82, 2.24) is 0 Å². The van der Waals surface area contributed by atoms with E-state index < -0.39 is 97.5 Å². The standard InChI is InChI=1S/C77H150O17P2/c1-7-10-12-14-15-16-17-18-19-20-21-22-23-24-25-26-31-34-37-43-49-55-61-76(81)94-73(66-88-75(80)60-54-48-42-36-33-30-28-27-29-32-35-40-46-51-57-69(4)5)68-92-96(85,86)90-64-71(78)63-89-95(83,84)91-67-72(65-87-74(79)59-53-45-13-11-8-2)93-77(82)62-56-50-44-39-38-41-47-52-58-70(6)9-3/h69-73,78H,7-68H2,1-6H3,(H,83,84)(H,85,86)/t70?,71-,72+,73+/m0/s1. The van der Waals surface area contributed by atoms with Gasteiger partial charge in [-0.25, -0.2) is 9.13 Å². The van der Waals surface area contributed by atoms with Crippen molar-refractivity contribution in [2.75, 3.05) is 39.6 Å². The van der Waals surface area contributed by atoms with Crippen molar-refractivity contribution in [3.05, 3.63) is 0 Å². The van der Waals surface area contributed by atoms with Crippen molar-refractivity contribution >= 4 is 39.5 Å². The van der Waals surface area contributed by atoms with E-state index in [0.717, 1.165) is 108 Å². The Labute approximate surface area is 588 Å². The van der Waals surface area contributed by atoms with Crippen LogP contribution in [-0.4, -0.2) is 96.7 Å². The van der Waals surface area contributed by atoms with Gasteiger partial charge in [-0.1, -0.05) is 350 Å². The fourth-order valence-corrected chi connectivity index (χ4v) is 13.4. The number of aliphatic hydroxyl groups excluding tert-OH is 1. The number of hydrogen-bond donors (Lipinski definition) is 3. The lowest BCUT2D eigenvalue weighted by Crippen LogP contribution is -2.30. The van der Waals surface area contributed by atoms with Crippen LogP contribution in [0, 0.1) is 11.8 Å². The fraction of sp³-hybridized carbons (Fsp3) is 0.948. The predicted octanol–water partition coefficient (Wildman–Crippen LogP) is 22.7. The van der Waals surface area contributed by atoms with E-state index in [2.05, 4.69) is 41.5 Å². The van der Waals surface area contributed by atoms with E-state index in [1.165, 1.54) is 212 Å². The second-order valence-electron chi connectivity index (χ2n) is 28.5. The highest BCUT2D eigenvalue weighted by Gasteiger charge is 2.30. The van der Waals surface area contributed by atoms with Crippen molar-refractivity contribution < 1.29 is 80.2 Å². The number of phosphoric ester groups is 2. The van der Waals surface area contributed by atoms with Crippen LogP contribution in [0.15, 0.2) is 0 Å². The number of carbonyl (C=O) groups excluding carboxylic acids is 4. The number of hydrogen-bond acceptors (Lipinski definition) is 15. The highest BCUT2D eigenvalue weighted by Crippen LogP contribution is 2.45. The predicted molar refractivity (Wildman–Crippen MR) is 391 cm³/mol. The van der Waals surface area contributed by atoms with Crippen LogP contribution in [0.25, 0.3) is 0 Å². The second-order valence-corrected chi connectivity index (χ2v) is 31.4. The maximum Gasteiger partial charge on any atom is 0.472 e. The molecule has 0 amide bonds. The van der Waals surface area contributed by atoms with Gasteiger partial charge < -0.3 is 33.8 Å². The van der Waals surface area contributed by atoms with Crippen molar-refractivity contribution in [3.63, 3.8) is 0 Å². The Kier molecular flexibility index (Phi) is 67.4. The van der Waals surface area contributed by atoms with E-state index in [4.69, 9.17) is 37.0 Å². The van der Waals surface area contributed by atoms with Crippen LogP contribution >= 0.6 is 15.6 Å². The van der Waals surface area contributed by atoms with E-state index in [1.54, 1.807) is 0 Å². The van der Waals surface area contributed by atoms with Gasteiger partial charge in [-0.2, -0.15) is 0 Å². The van der Waals surface area contributed by atoms with Crippen molar-refractivity contribution in [2.24, 2.45) is 11.8 Å². The van der Waals surface area contributed by atoms with Crippen LogP contribution in [-0.2, 0) is 65.4 Å². The van der Waals surface area contributed by atoms with Crippen LogP contribution in [0.3, 0.4) is 0 Å². The summed E-state index contributed by atoms with van der Waals surface area (Å²) in [6.07, 6.45) is 57.5. The summed E-state index contributed by atoms with van der Waals surface area (Å²) < 4.78 is 68.3. The van der Waals surface area contributed by atoms with Gasteiger partial charge in [-0.3, -0.25) is 37.3 Å². The quantitative estimate of drug-likeness (QED) is 0.0222. The maximum absolute atomic E-state index is 13.1. The number of esters is 4. The lowest BCUT2D eigenvalue weighted by Gasteiger charge is -2.21. The van der Waals surface area contributed by atoms with Gasteiger partial charge in [0.1, 0.15) is 19.3 Å². The number of rotatable bonds is 76. The van der Waals surface area contributed by atoms with Gasteiger partial charge in [0, 0.05) is 25.7 Å². The fourth-order valence-electron chi connectivity index (χ4n) is 11.8. The number of carbonyl (C=O) groups is 4. The Bertz CT molecular complexity index is 1860. The molecule has 0 aliphatic heterocycles. The third-order valence-corrected chi connectivity index (χ3v) is 20.2. The number of phosphoric acid groups is 2. The Morgan fingerprint density at radius 1 is 0.302 bits per heavy atom. The largest absolute Gasteiger partial charge is 0.472 e. The summed E-state index contributed by atoms with van der Waals surface area (Å²) in [4.78, 5) is 72.5. The second kappa shape index (κ2) is 68.8. The lowest BCUT2D eigenvalue weighted by molar-refractivity contribution is -0.161. The molecular weight excluding hydrogens is 1260 g/mol. The molecule has 0 saturated heterocycles. The zero-order valence-electron chi connectivity index (χ0n) is 62.7. The van der Waals surface area contributed by atoms with E-state index in [-0.39, 0.29) is 25.7 Å². The average molecular weight is 1410 g/mol. The van der Waals surface area contributed by atoms with Crippen LogP contribution in [0.2, 0.25) is 0 Å². The highest BCUT2D eigenvalue weighted by molar-refractivity contribution is 7.47. The minimum Gasteiger partial charge on any atom is -0.462 e. The van der Waals surface area contributed by atoms with E-state index >= 15 is 0 Å². The van der Waals surface area contributed by atoms with Gasteiger partial charge in [0.15, 0.2) is 12.2 Å². The van der Waals surface area contributed by atoms with E-state index in [9.17, 15) is 43.2 Å². The Balaban J connectivity index is 5.12. The first-order valence-electron chi connectivity index (χ1n) is 40.0. The molecule has 17 nitrogen and oxygen atoms in total. The number of aliphatic hydroxyl groups is 1. The Hall–Kier alpha value is -1.94. The monoisotopic (exact) mass is 1410 g/mol. The van der Waals surface area contributed by atoms with Crippen LogP contribution in [0.1, 0.15) is 401 Å². The minimum absolute atomic E-state index is 0.104. The smallest absolute Gasteiger partial charge is 0.462 e. The Morgan fingerprint density at radius 2 is 0.531 bits per heavy atom. The molecule has 0 aliphatic rings. The molecule has 3 N–H and O–H groups in total. The summed E-state index contributed by atoms with van der Waals surface area (Å²) >= 11 is 0. The minimum atomic E-state index is -4.96. The SMILES string of the molecule is CCCCCCCCCCCCCCCCCCCCCCCCC(=O)O[C@H](COC(=O)CCCCCCCCCCCCCCCCC(C)C)COP(=O)(O)OC[C@@H](O)COP(=O)(O)OC[C@@H](COC(=O)CCCCCCC)OC(=O)CCCCCCCCCCC(C)CC. The number of ether oxygens (including phenoxy) is 4. The maximum atomic E-state index is 13.1. The zero-order chi connectivity index (χ0) is 70.7. The summed E-state index contributed by atoms with van der Waals surface area (Å²) in [5, 5.41) is 10.6. The topological polar surface area (TPSA) is 237 Å². The van der Waals surface area contributed by atoms with E-state index in [0.29, 0.717) is 25.7 Å². The average Bonchev–Trinajstić information content (AvgIpc) is 1.59. The van der Waals surface area contributed by atoms with Crippen molar-refractivity contribution in [3.8, 4) is 0 Å². The molecule has 96 heavy (non-hydrogen) atoms. The molecular formula is C77H150O17P2. The van der Waals surface area contributed by atoms with Crippen LogP contribution < -0.4 is 0 Å². The molecule has 0 aliphatic carbocycles. The highest BCUT2D eigenvalue weighted by atomic mass is 31.2. The van der Waals surface area contributed by atoms with Gasteiger partial charge in [0.25, 0.3) is 0 Å². The van der Waals surface area contributed by atoms with Gasteiger partial charge >= 0.3 is 39.5 Å². The van der Waals surface area contributed by atoms with E-state index in [1.807, 2.05) is 0 Å². The van der Waals surface area contributed by atoms with Crippen molar-refractivity contribution in [1.29, 1.82) is 0 Å². The number of unbranched alkanes of at least 4 members (excludes halogenated alkanes) is 45. The molecule has 0 aromatic heterocycles. The third kappa shape index (κ3) is 69.2. The zero-order valence-corrected chi connectivity index (χ0v) is 64.5. The first kappa shape index (κ1) is 94.1. The van der Waals surface area contributed by atoms with Crippen molar-refractivity contribution in [2.45, 2.75) is 419 Å². The molecule has 0 aromatic carbocycles. The molecule has 19 heteroatoms. The molecule has 6 atom stereocenters.